The van der Waals surface area contributed by atoms with Gasteiger partial charge in [0.2, 0.25) is 5.91 Å². The Kier molecular flexibility index (Phi) is 7.05. The molecule has 2 heterocycles. The number of carbonyl (C=O) groups is 1. The normalized spacial score (nSPS) is 14.4. The summed E-state index contributed by atoms with van der Waals surface area (Å²) in [4.78, 5) is 19.2. The van der Waals surface area contributed by atoms with Crippen molar-refractivity contribution in [3.63, 3.8) is 0 Å². The number of thiazole rings is 1. The maximum atomic E-state index is 13.3. The van der Waals surface area contributed by atoms with E-state index in [9.17, 15) is 18.0 Å². The van der Waals surface area contributed by atoms with Crippen molar-refractivity contribution < 1.29 is 18.0 Å². The SMILES string of the molecule is O=C(CSc1nc(-c2ccccc2)cs1)Nc1cc(C(F)(F)F)ccc1N1CCCCC1. The Bertz CT molecular complexity index is 1060. The number of benzene rings is 2. The molecule has 0 spiro atoms. The molecular weight excluding hydrogens is 455 g/mol. The van der Waals surface area contributed by atoms with Crippen LogP contribution in [0, 0.1) is 0 Å². The van der Waals surface area contributed by atoms with Gasteiger partial charge >= 0.3 is 6.18 Å². The van der Waals surface area contributed by atoms with E-state index in [1.165, 1.54) is 29.2 Å². The van der Waals surface area contributed by atoms with Crippen molar-refractivity contribution in [2.24, 2.45) is 0 Å². The first-order valence-corrected chi connectivity index (χ1v) is 12.2. The third-order valence-corrected chi connectivity index (χ3v) is 7.20. The highest BCUT2D eigenvalue weighted by Crippen LogP contribution is 2.36. The van der Waals surface area contributed by atoms with Crippen LogP contribution in [0.4, 0.5) is 24.5 Å². The lowest BCUT2D eigenvalue weighted by molar-refractivity contribution is -0.137. The summed E-state index contributed by atoms with van der Waals surface area (Å²) in [6, 6.07) is 13.3. The van der Waals surface area contributed by atoms with E-state index in [0.717, 1.165) is 60.1 Å². The van der Waals surface area contributed by atoms with Crippen LogP contribution in [-0.2, 0) is 11.0 Å². The molecule has 1 aliphatic heterocycles. The van der Waals surface area contributed by atoms with Gasteiger partial charge in [-0.05, 0) is 37.5 Å². The molecule has 1 amide bonds. The molecule has 0 atom stereocenters. The Morgan fingerprint density at radius 2 is 1.84 bits per heavy atom. The Morgan fingerprint density at radius 3 is 2.56 bits per heavy atom. The summed E-state index contributed by atoms with van der Waals surface area (Å²) in [6.45, 7) is 1.54. The summed E-state index contributed by atoms with van der Waals surface area (Å²) >= 11 is 2.71. The van der Waals surface area contributed by atoms with Gasteiger partial charge in [0.15, 0.2) is 4.34 Å². The van der Waals surface area contributed by atoms with Gasteiger partial charge in [-0.1, -0.05) is 42.1 Å². The molecule has 2 aromatic carbocycles. The van der Waals surface area contributed by atoms with Crippen LogP contribution >= 0.6 is 23.1 Å². The third-order valence-electron chi connectivity index (χ3n) is 5.17. The number of anilines is 2. The van der Waals surface area contributed by atoms with Gasteiger partial charge < -0.3 is 10.2 Å². The molecule has 4 nitrogen and oxygen atoms in total. The summed E-state index contributed by atoms with van der Waals surface area (Å²) in [5.74, 6) is -0.290. The zero-order chi connectivity index (χ0) is 22.6. The minimum atomic E-state index is -4.47. The Morgan fingerprint density at radius 1 is 1.09 bits per heavy atom. The molecule has 9 heteroatoms. The highest BCUT2D eigenvalue weighted by atomic mass is 32.2. The summed E-state index contributed by atoms with van der Waals surface area (Å²) in [6.07, 6.45) is -1.40. The molecule has 1 N–H and O–H groups in total. The molecule has 32 heavy (non-hydrogen) atoms. The van der Waals surface area contributed by atoms with Gasteiger partial charge in [0, 0.05) is 24.0 Å². The van der Waals surface area contributed by atoms with Crippen LogP contribution in [0.25, 0.3) is 11.3 Å². The Labute approximate surface area is 192 Å². The first-order chi connectivity index (χ1) is 15.4. The second kappa shape index (κ2) is 9.95. The summed E-state index contributed by atoms with van der Waals surface area (Å²) in [5, 5.41) is 4.63. The largest absolute Gasteiger partial charge is 0.416 e. The number of thioether (sulfide) groups is 1. The van der Waals surface area contributed by atoms with Gasteiger partial charge in [0.25, 0.3) is 0 Å². The fourth-order valence-electron chi connectivity index (χ4n) is 3.60. The first kappa shape index (κ1) is 22.7. The molecule has 0 aliphatic carbocycles. The number of nitrogens with one attached hydrogen (secondary N) is 1. The van der Waals surface area contributed by atoms with Gasteiger partial charge in [-0.25, -0.2) is 4.98 Å². The van der Waals surface area contributed by atoms with E-state index in [1.54, 1.807) is 0 Å². The van der Waals surface area contributed by atoms with Gasteiger partial charge in [-0.15, -0.1) is 11.3 Å². The lowest BCUT2D eigenvalue weighted by Gasteiger charge is -2.31. The molecule has 168 valence electrons. The lowest BCUT2D eigenvalue weighted by atomic mass is 10.1. The fourth-order valence-corrected chi connectivity index (χ4v) is 5.24. The van der Waals surface area contributed by atoms with Crippen LogP contribution in [0.15, 0.2) is 58.3 Å². The maximum Gasteiger partial charge on any atom is 0.416 e. The van der Waals surface area contributed by atoms with Crippen molar-refractivity contribution >= 4 is 40.4 Å². The highest BCUT2D eigenvalue weighted by Gasteiger charge is 2.32. The predicted octanol–water partition coefficient (Wildman–Crippen LogP) is 6.55. The Hall–Kier alpha value is -2.52. The van der Waals surface area contributed by atoms with Crippen LogP contribution in [-0.4, -0.2) is 29.7 Å². The number of aromatic nitrogens is 1. The minimum Gasteiger partial charge on any atom is -0.370 e. The molecule has 0 unspecified atom stereocenters. The third kappa shape index (κ3) is 5.63. The van der Waals surface area contributed by atoms with Crippen LogP contribution in [0.5, 0.6) is 0 Å². The molecule has 1 saturated heterocycles. The second-order valence-corrected chi connectivity index (χ2v) is 9.56. The number of rotatable bonds is 6. The standard InChI is InChI=1S/C23H22F3N3OS2/c24-23(25,26)17-9-10-20(29-11-5-2-6-12-29)18(13-17)27-21(30)15-32-22-28-19(14-31-22)16-7-3-1-4-8-16/h1,3-4,7-10,13-14H,2,5-6,11-12,15H2,(H,27,30). The lowest BCUT2D eigenvalue weighted by Crippen LogP contribution is -2.30. The summed E-state index contributed by atoms with van der Waals surface area (Å²) in [5.41, 5.74) is 1.90. The van der Waals surface area contributed by atoms with E-state index in [-0.39, 0.29) is 17.3 Å². The number of amides is 1. The molecule has 0 saturated carbocycles. The minimum absolute atomic E-state index is 0.0669. The number of nitrogens with zero attached hydrogens (tertiary/aromatic N) is 2. The highest BCUT2D eigenvalue weighted by molar-refractivity contribution is 8.01. The van der Waals surface area contributed by atoms with Crippen molar-refractivity contribution in [3.8, 4) is 11.3 Å². The number of alkyl halides is 3. The molecule has 1 fully saturated rings. The summed E-state index contributed by atoms with van der Waals surface area (Å²) in [7, 11) is 0. The van der Waals surface area contributed by atoms with E-state index in [0.29, 0.717) is 5.69 Å². The van der Waals surface area contributed by atoms with Crippen molar-refractivity contribution in [2.75, 3.05) is 29.1 Å². The molecule has 1 aliphatic rings. The van der Waals surface area contributed by atoms with E-state index in [2.05, 4.69) is 10.3 Å². The Balaban J connectivity index is 1.45. The monoisotopic (exact) mass is 477 g/mol. The molecule has 1 aromatic heterocycles. The van der Waals surface area contributed by atoms with Crippen molar-refractivity contribution in [3.05, 3.63) is 59.5 Å². The van der Waals surface area contributed by atoms with E-state index < -0.39 is 11.7 Å². The van der Waals surface area contributed by atoms with Gasteiger partial charge in [-0.2, -0.15) is 13.2 Å². The first-order valence-electron chi connectivity index (χ1n) is 10.3. The quantitative estimate of drug-likeness (QED) is 0.409. The number of carbonyl (C=O) groups excluding carboxylic acids is 1. The van der Waals surface area contributed by atoms with Gasteiger partial charge in [0.1, 0.15) is 0 Å². The van der Waals surface area contributed by atoms with Crippen LogP contribution in [0.2, 0.25) is 0 Å². The average molecular weight is 478 g/mol. The molecule has 0 radical (unpaired) electrons. The smallest absolute Gasteiger partial charge is 0.370 e. The average Bonchev–Trinajstić information content (AvgIpc) is 3.27. The van der Waals surface area contributed by atoms with Crippen LogP contribution < -0.4 is 10.2 Å². The molecule has 4 rings (SSSR count). The molecular formula is C23H22F3N3OS2. The fraction of sp³-hybridized carbons (Fsp3) is 0.304. The second-order valence-electron chi connectivity index (χ2n) is 7.48. The van der Waals surface area contributed by atoms with Crippen molar-refractivity contribution in [1.82, 2.24) is 4.98 Å². The molecule has 0 bridgehead atoms. The van der Waals surface area contributed by atoms with Crippen molar-refractivity contribution in [1.29, 1.82) is 0 Å². The van der Waals surface area contributed by atoms with Crippen LogP contribution in [0.1, 0.15) is 24.8 Å². The topological polar surface area (TPSA) is 45.2 Å². The zero-order valence-electron chi connectivity index (χ0n) is 17.2. The number of hydrogen-bond acceptors (Lipinski definition) is 5. The van der Waals surface area contributed by atoms with E-state index in [1.807, 2.05) is 40.6 Å². The van der Waals surface area contributed by atoms with E-state index in [4.69, 9.17) is 0 Å². The summed E-state index contributed by atoms with van der Waals surface area (Å²) < 4.78 is 40.5. The number of halogens is 3. The number of hydrogen-bond donors (Lipinski definition) is 1. The predicted molar refractivity (Wildman–Crippen MR) is 124 cm³/mol. The van der Waals surface area contributed by atoms with Crippen LogP contribution in [0.3, 0.4) is 0 Å². The van der Waals surface area contributed by atoms with Gasteiger partial charge in [0.05, 0.1) is 28.4 Å². The maximum absolute atomic E-state index is 13.3. The number of piperidine rings is 1. The van der Waals surface area contributed by atoms with Gasteiger partial charge in [-0.3, -0.25) is 4.79 Å². The van der Waals surface area contributed by atoms with Crippen molar-refractivity contribution in [2.45, 2.75) is 29.8 Å². The van der Waals surface area contributed by atoms with E-state index >= 15 is 0 Å². The molecule has 3 aromatic rings. The zero-order valence-corrected chi connectivity index (χ0v) is 18.8.